The fraction of sp³-hybridized carbons (Fsp3) is 0.292. The number of pyridine rings is 1. The van der Waals surface area contributed by atoms with Crippen LogP contribution in [0.15, 0.2) is 65.7 Å². The quantitative estimate of drug-likeness (QED) is 0.575. The second-order valence-electron chi connectivity index (χ2n) is 7.65. The maximum Gasteiger partial charge on any atom is 0.252 e. The molecule has 0 saturated heterocycles. The predicted molar refractivity (Wildman–Crippen MR) is 121 cm³/mol. The van der Waals surface area contributed by atoms with Crippen LogP contribution in [0.25, 0.3) is 10.9 Å². The van der Waals surface area contributed by atoms with E-state index >= 15 is 0 Å². The molecule has 4 rings (SSSR count). The summed E-state index contributed by atoms with van der Waals surface area (Å²) in [6, 6.07) is 19.7. The van der Waals surface area contributed by atoms with Gasteiger partial charge in [-0.3, -0.25) is 9.59 Å². The molecule has 6 heteroatoms. The van der Waals surface area contributed by atoms with Crippen LogP contribution in [0.1, 0.15) is 41.7 Å². The van der Waals surface area contributed by atoms with Crippen LogP contribution in [0, 0.1) is 0 Å². The summed E-state index contributed by atoms with van der Waals surface area (Å²) in [4.78, 5) is 31.9. The van der Waals surface area contributed by atoms with Gasteiger partial charge < -0.3 is 10.2 Å². The molecule has 2 aromatic carbocycles. The van der Waals surface area contributed by atoms with Gasteiger partial charge in [-0.1, -0.05) is 60.3 Å². The van der Waals surface area contributed by atoms with Gasteiger partial charge in [-0.2, -0.15) is 0 Å². The van der Waals surface area contributed by atoms with Gasteiger partial charge in [0.05, 0.1) is 27.9 Å². The van der Waals surface area contributed by atoms with Crippen LogP contribution in [0.5, 0.6) is 0 Å². The molecule has 5 nitrogen and oxygen atoms in total. The Morgan fingerprint density at radius 2 is 1.83 bits per heavy atom. The molecule has 0 unspecified atom stereocenters. The Hall–Kier alpha value is -2.86. The normalized spacial score (nSPS) is 14.3. The summed E-state index contributed by atoms with van der Waals surface area (Å²) in [7, 11) is 1.82. The molecule has 0 spiro atoms. The Morgan fingerprint density at radius 1 is 1.13 bits per heavy atom. The SMILES string of the molecule is C[C@@H](c1ccccc1)N(C)C(=O)CSc1cc(C(=O)NC2CC2)c2ccccc2n1. The zero-order valence-electron chi connectivity index (χ0n) is 17.2. The van der Waals surface area contributed by atoms with Gasteiger partial charge in [0.1, 0.15) is 0 Å². The van der Waals surface area contributed by atoms with E-state index in [1.165, 1.54) is 11.8 Å². The number of amides is 2. The molecule has 1 fully saturated rings. The maximum atomic E-state index is 12.8. The van der Waals surface area contributed by atoms with Gasteiger partial charge in [-0.15, -0.1) is 0 Å². The minimum atomic E-state index is -0.0703. The number of aromatic nitrogens is 1. The van der Waals surface area contributed by atoms with Crippen molar-refractivity contribution in [3.63, 3.8) is 0 Å². The lowest BCUT2D eigenvalue weighted by Gasteiger charge is -2.25. The molecule has 154 valence electrons. The standard InChI is InChI=1S/C24H25N3O2S/c1-16(17-8-4-3-5-9-17)27(2)23(28)15-30-22-14-20(24(29)25-18-12-13-18)19-10-6-7-11-21(19)26-22/h3-11,14,16,18H,12-13,15H2,1-2H3,(H,25,29)/t16-/m0/s1. The van der Waals surface area contributed by atoms with E-state index < -0.39 is 0 Å². The highest BCUT2D eigenvalue weighted by Crippen LogP contribution is 2.27. The average molecular weight is 420 g/mol. The number of nitrogens with zero attached hydrogens (tertiary/aromatic N) is 2. The van der Waals surface area contributed by atoms with E-state index in [2.05, 4.69) is 10.3 Å². The lowest BCUT2D eigenvalue weighted by Crippen LogP contribution is -2.31. The van der Waals surface area contributed by atoms with E-state index in [9.17, 15) is 9.59 Å². The molecule has 0 radical (unpaired) electrons. The molecule has 2 amide bonds. The predicted octanol–water partition coefficient (Wildman–Crippen LogP) is 4.44. The Bertz CT molecular complexity index is 1070. The van der Waals surface area contributed by atoms with Crippen LogP contribution >= 0.6 is 11.8 Å². The molecular weight excluding hydrogens is 394 g/mol. The number of rotatable bonds is 7. The van der Waals surface area contributed by atoms with E-state index in [1.54, 1.807) is 11.0 Å². The van der Waals surface area contributed by atoms with Crippen molar-refractivity contribution < 1.29 is 9.59 Å². The Labute approximate surface area is 180 Å². The highest BCUT2D eigenvalue weighted by molar-refractivity contribution is 7.99. The molecule has 0 aliphatic heterocycles. The number of carbonyl (C=O) groups is 2. The summed E-state index contributed by atoms with van der Waals surface area (Å²) in [5.41, 5.74) is 2.48. The molecule has 30 heavy (non-hydrogen) atoms. The fourth-order valence-corrected chi connectivity index (χ4v) is 4.15. The zero-order valence-corrected chi connectivity index (χ0v) is 18.0. The van der Waals surface area contributed by atoms with E-state index in [0.717, 1.165) is 29.3 Å². The third-order valence-electron chi connectivity index (χ3n) is 5.45. The Morgan fingerprint density at radius 3 is 2.57 bits per heavy atom. The van der Waals surface area contributed by atoms with Crippen molar-refractivity contribution in [2.45, 2.75) is 36.9 Å². The van der Waals surface area contributed by atoms with Crippen LogP contribution in [-0.2, 0) is 4.79 Å². The molecule has 1 N–H and O–H groups in total. The number of para-hydroxylation sites is 1. The first-order valence-electron chi connectivity index (χ1n) is 10.2. The Balaban J connectivity index is 1.49. The first-order valence-corrected chi connectivity index (χ1v) is 11.2. The molecule has 0 bridgehead atoms. The van der Waals surface area contributed by atoms with Crippen molar-refractivity contribution in [2.24, 2.45) is 0 Å². The Kier molecular flexibility index (Phi) is 6.04. The lowest BCUT2D eigenvalue weighted by molar-refractivity contribution is -0.128. The van der Waals surface area contributed by atoms with Gasteiger partial charge in [-0.25, -0.2) is 4.98 Å². The van der Waals surface area contributed by atoms with Crippen LogP contribution < -0.4 is 5.32 Å². The number of thioether (sulfide) groups is 1. The molecular formula is C24H25N3O2S. The number of hydrogen-bond acceptors (Lipinski definition) is 4. The first kappa shape index (κ1) is 20.4. The van der Waals surface area contributed by atoms with Crippen molar-refractivity contribution in [1.82, 2.24) is 15.2 Å². The second kappa shape index (κ2) is 8.88. The van der Waals surface area contributed by atoms with Gasteiger partial charge in [0.25, 0.3) is 5.91 Å². The number of nitrogens with one attached hydrogen (secondary N) is 1. The van der Waals surface area contributed by atoms with Gasteiger partial charge in [-0.05, 0) is 37.5 Å². The van der Waals surface area contributed by atoms with Gasteiger partial charge in [0, 0.05) is 18.5 Å². The first-order chi connectivity index (χ1) is 14.5. The number of hydrogen-bond donors (Lipinski definition) is 1. The third-order valence-corrected chi connectivity index (χ3v) is 6.35. The van der Waals surface area contributed by atoms with Crippen molar-refractivity contribution in [3.8, 4) is 0 Å². The smallest absolute Gasteiger partial charge is 0.252 e. The fourth-order valence-electron chi connectivity index (χ4n) is 3.31. The van der Waals surface area contributed by atoms with Crippen molar-refractivity contribution >= 4 is 34.5 Å². The molecule has 1 saturated carbocycles. The van der Waals surface area contributed by atoms with Gasteiger partial charge in [0.2, 0.25) is 5.91 Å². The third kappa shape index (κ3) is 4.65. The highest BCUT2D eigenvalue weighted by atomic mass is 32.2. The summed E-state index contributed by atoms with van der Waals surface area (Å²) < 4.78 is 0. The number of carbonyl (C=O) groups excluding carboxylic acids is 2. The van der Waals surface area contributed by atoms with E-state index in [4.69, 9.17) is 0 Å². The average Bonchev–Trinajstić information content (AvgIpc) is 3.60. The maximum absolute atomic E-state index is 12.8. The lowest BCUT2D eigenvalue weighted by atomic mass is 10.1. The zero-order chi connectivity index (χ0) is 21.1. The largest absolute Gasteiger partial charge is 0.349 e. The van der Waals surface area contributed by atoms with Crippen LogP contribution in [-0.4, -0.2) is 40.5 Å². The molecule has 3 aromatic rings. The van der Waals surface area contributed by atoms with E-state index in [0.29, 0.717) is 10.6 Å². The number of benzene rings is 2. The van der Waals surface area contributed by atoms with Crippen molar-refractivity contribution in [1.29, 1.82) is 0 Å². The van der Waals surface area contributed by atoms with Gasteiger partial charge in [0.15, 0.2) is 0 Å². The molecule has 1 atom stereocenters. The molecule has 1 aliphatic carbocycles. The van der Waals surface area contributed by atoms with E-state index in [1.807, 2.05) is 68.6 Å². The minimum absolute atomic E-state index is 0.0104. The summed E-state index contributed by atoms with van der Waals surface area (Å²) in [5, 5.41) is 4.57. The van der Waals surface area contributed by atoms with Crippen molar-refractivity contribution in [2.75, 3.05) is 12.8 Å². The van der Waals surface area contributed by atoms with Crippen LogP contribution in [0.2, 0.25) is 0 Å². The second-order valence-corrected chi connectivity index (χ2v) is 8.65. The molecule has 1 aromatic heterocycles. The minimum Gasteiger partial charge on any atom is -0.349 e. The monoisotopic (exact) mass is 419 g/mol. The number of fused-ring (bicyclic) bond motifs is 1. The highest BCUT2D eigenvalue weighted by Gasteiger charge is 2.25. The van der Waals surface area contributed by atoms with Crippen LogP contribution in [0.4, 0.5) is 0 Å². The van der Waals surface area contributed by atoms with E-state index in [-0.39, 0.29) is 29.7 Å². The van der Waals surface area contributed by atoms with Crippen molar-refractivity contribution in [3.05, 3.63) is 71.8 Å². The summed E-state index contributed by atoms with van der Waals surface area (Å²) >= 11 is 1.37. The van der Waals surface area contributed by atoms with Crippen LogP contribution in [0.3, 0.4) is 0 Å². The molecule has 1 aliphatic rings. The summed E-state index contributed by atoms with van der Waals surface area (Å²) in [5.74, 6) is 0.220. The summed E-state index contributed by atoms with van der Waals surface area (Å²) in [6.45, 7) is 2.02. The summed E-state index contributed by atoms with van der Waals surface area (Å²) in [6.07, 6.45) is 2.08. The van der Waals surface area contributed by atoms with Gasteiger partial charge >= 0.3 is 0 Å². The molecule has 1 heterocycles. The topological polar surface area (TPSA) is 62.3 Å².